The van der Waals surface area contributed by atoms with Crippen LogP contribution < -0.4 is 0 Å². The van der Waals surface area contributed by atoms with E-state index in [4.69, 9.17) is 0 Å². The van der Waals surface area contributed by atoms with Gasteiger partial charge in [0, 0.05) is 28.2 Å². The van der Waals surface area contributed by atoms with Crippen LogP contribution in [0, 0.1) is 13.8 Å². The quantitative estimate of drug-likeness (QED) is 0.561. The first-order chi connectivity index (χ1) is 11.6. The Morgan fingerprint density at radius 3 is 2.79 bits per heavy atom. The van der Waals surface area contributed by atoms with Crippen LogP contribution in [0.2, 0.25) is 0 Å². The van der Waals surface area contributed by atoms with E-state index in [1.54, 1.807) is 0 Å². The molecule has 1 N–H and O–H groups in total. The first-order valence-electron chi connectivity index (χ1n) is 8.26. The van der Waals surface area contributed by atoms with Crippen molar-refractivity contribution in [1.82, 2.24) is 19.7 Å². The molecule has 24 heavy (non-hydrogen) atoms. The maximum atomic E-state index is 13.1. The summed E-state index contributed by atoms with van der Waals surface area (Å²) in [5.41, 5.74) is 2.72. The van der Waals surface area contributed by atoms with Crippen molar-refractivity contribution in [2.45, 2.75) is 50.1 Å². The standard InChI is InChI=1S/C18H20N4OS/c1-10-16(14-6-4-5-7-15(14)19-10)17(23)11(2)24-18-21-20-12(3)22(18)13-8-9-13/h4-7,11,13,19H,8-9H2,1-3H3/t11-/m1/s1. The lowest BCUT2D eigenvalue weighted by Gasteiger charge is -2.12. The summed E-state index contributed by atoms with van der Waals surface area (Å²) in [6, 6.07) is 8.47. The van der Waals surface area contributed by atoms with E-state index >= 15 is 0 Å². The van der Waals surface area contributed by atoms with Crippen LogP contribution in [0.1, 0.15) is 47.7 Å². The number of carbonyl (C=O) groups is 1. The number of aromatic nitrogens is 4. The van der Waals surface area contributed by atoms with E-state index < -0.39 is 0 Å². The predicted octanol–water partition coefficient (Wildman–Crippen LogP) is 4.07. The molecule has 0 amide bonds. The molecule has 0 radical (unpaired) electrons. The van der Waals surface area contributed by atoms with E-state index in [0.717, 1.165) is 33.1 Å². The summed E-state index contributed by atoms with van der Waals surface area (Å²) >= 11 is 1.51. The molecule has 0 bridgehead atoms. The van der Waals surface area contributed by atoms with E-state index in [1.165, 1.54) is 24.6 Å². The second-order valence-electron chi connectivity index (χ2n) is 6.43. The van der Waals surface area contributed by atoms with Crippen LogP contribution in [0.5, 0.6) is 0 Å². The summed E-state index contributed by atoms with van der Waals surface area (Å²) in [6.45, 7) is 5.89. The molecule has 3 aromatic rings. The number of aromatic amines is 1. The summed E-state index contributed by atoms with van der Waals surface area (Å²) in [5, 5.41) is 10.1. The molecule has 0 spiro atoms. The number of carbonyl (C=O) groups excluding carboxylic acids is 1. The molecule has 1 saturated carbocycles. The molecule has 1 fully saturated rings. The maximum absolute atomic E-state index is 13.1. The number of benzene rings is 1. The molecule has 2 aromatic heterocycles. The minimum Gasteiger partial charge on any atom is -0.358 e. The highest BCUT2D eigenvalue weighted by molar-refractivity contribution is 8.00. The van der Waals surface area contributed by atoms with Gasteiger partial charge in [0.1, 0.15) is 5.82 Å². The van der Waals surface area contributed by atoms with Crippen molar-refractivity contribution in [2.75, 3.05) is 0 Å². The number of rotatable bonds is 5. The van der Waals surface area contributed by atoms with Gasteiger partial charge in [0.2, 0.25) is 0 Å². The number of para-hydroxylation sites is 1. The summed E-state index contributed by atoms with van der Waals surface area (Å²) in [5.74, 6) is 1.07. The number of thioether (sulfide) groups is 1. The van der Waals surface area contributed by atoms with Crippen molar-refractivity contribution >= 4 is 28.4 Å². The normalized spacial score (nSPS) is 15.8. The average Bonchev–Trinajstić information content (AvgIpc) is 3.24. The number of Topliss-reactive ketones (excluding diaryl/α,β-unsaturated/α-hetero) is 1. The van der Waals surface area contributed by atoms with Crippen molar-refractivity contribution in [2.24, 2.45) is 0 Å². The SMILES string of the molecule is Cc1[nH]c2ccccc2c1C(=O)[C@@H](C)Sc1nnc(C)n1C1CC1. The molecule has 1 atom stereocenters. The Bertz CT molecular complexity index is 922. The zero-order chi connectivity index (χ0) is 16.8. The first kappa shape index (κ1) is 15.4. The third-order valence-corrected chi connectivity index (χ3v) is 5.60. The van der Waals surface area contributed by atoms with Gasteiger partial charge in [0.15, 0.2) is 10.9 Å². The number of ketones is 1. The summed E-state index contributed by atoms with van der Waals surface area (Å²) in [7, 11) is 0. The number of H-pyrrole nitrogens is 1. The molecule has 0 aliphatic heterocycles. The molecule has 1 aliphatic rings. The Hall–Kier alpha value is -2.08. The van der Waals surface area contributed by atoms with Crippen LogP contribution >= 0.6 is 11.8 Å². The van der Waals surface area contributed by atoms with Gasteiger partial charge in [0.05, 0.1) is 5.25 Å². The zero-order valence-electron chi connectivity index (χ0n) is 14.0. The van der Waals surface area contributed by atoms with Crippen LogP contribution in [0.3, 0.4) is 0 Å². The fraction of sp³-hybridized carbons (Fsp3) is 0.389. The smallest absolute Gasteiger partial charge is 0.192 e. The number of fused-ring (bicyclic) bond motifs is 1. The van der Waals surface area contributed by atoms with Crippen LogP contribution in [0.15, 0.2) is 29.4 Å². The van der Waals surface area contributed by atoms with E-state index in [2.05, 4.69) is 19.7 Å². The minimum atomic E-state index is -0.205. The second kappa shape index (κ2) is 5.77. The van der Waals surface area contributed by atoms with Crippen molar-refractivity contribution in [3.8, 4) is 0 Å². The molecule has 5 nitrogen and oxygen atoms in total. The Labute approximate surface area is 144 Å². The third kappa shape index (κ3) is 2.55. The first-order valence-corrected chi connectivity index (χ1v) is 9.14. The monoisotopic (exact) mass is 340 g/mol. The lowest BCUT2D eigenvalue weighted by Crippen LogP contribution is -2.15. The predicted molar refractivity (Wildman–Crippen MR) is 95.7 cm³/mol. The van der Waals surface area contributed by atoms with Crippen LogP contribution in [-0.2, 0) is 0 Å². The Kier molecular flexibility index (Phi) is 3.72. The topological polar surface area (TPSA) is 63.6 Å². The highest BCUT2D eigenvalue weighted by Gasteiger charge is 2.30. The fourth-order valence-electron chi connectivity index (χ4n) is 3.19. The number of nitrogens with zero attached hydrogens (tertiary/aromatic N) is 3. The molecule has 0 unspecified atom stereocenters. The van der Waals surface area contributed by atoms with E-state index in [-0.39, 0.29) is 11.0 Å². The Balaban J connectivity index is 1.63. The van der Waals surface area contributed by atoms with Gasteiger partial charge in [-0.15, -0.1) is 10.2 Å². The molecule has 124 valence electrons. The minimum absolute atomic E-state index is 0.137. The Morgan fingerprint density at radius 1 is 1.29 bits per heavy atom. The number of nitrogens with one attached hydrogen (secondary N) is 1. The lowest BCUT2D eigenvalue weighted by molar-refractivity contribution is 0.0995. The van der Waals surface area contributed by atoms with Gasteiger partial charge >= 0.3 is 0 Å². The fourth-order valence-corrected chi connectivity index (χ4v) is 4.22. The van der Waals surface area contributed by atoms with Crippen LogP contribution in [0.25, 0.3) is 10.9 Å². The number of hydrogen-bond acceptors (Lipinski definition) is 4. The third-order valence-electron chi connectivity index (χ3n) is 4.54. The van der Waals surface area contributed by atoms with Gasteiger partial charge in [-0.3, -0.25) is 4.79 Å². The van der Waals surface area contributed by atoms with Crippen molar-refractivity contribution in [1.29, 1.82) is 0 Å². The molecule has 1 aliphatic carbocycles. The molecule has 1 aromatic carbocycles. The summed E-state index contributed by atoms with van der Waals surface area (Å²) < 4.78 is 2.18. The van der Waals surface area contributed by atoms with Crippen molar-refractivity contribution in [3.63, 3.8) is 0 Å². The molecule has 0 saturated heterocycles. The molecular weight excluding hydrogens is 320 g/mol. The molecular formula is C18H20N4OS. The van der Waals surface area contributed by atoms with Gasteiger partial charge in [0.25, 0.3) is 0 Å². The van der Waals surface area contributed by atoms with E-state index in [0.29, 0.717) is 6.04 Å². The molecule has 2 heterocycles. The van der Waals surface area contributed by atoms with Crippen LogP contribution in [0.4, 0.5) is 0 Å². The van der Waals surface area contributed by atoms with E-state index in [1.807, 2.05) is 45.0 Å². The second-order valence-corrected chi connectivity index (χ2v) is 7.73. The van der Waals surface area contributed by atoms with Gasteiger partial charge < -0.3 is 9.55 Å². The lowest BCUT2D eigenvalue weighted by atomic mass is 10.1. The summed E-state index contributed by atoms with van der Waals surface area (Å²) in [6.07, 6.45) is 2.35. The van der Waals surface area contributed by atoms with Gasteiger partial charge in [-0.2, -0.15) is 0 Å². The largest absolute Gasteiger partial charge is 0.358 e. The number of hydrogen-bond donors (Lipinski definition) is 1. The van der Waals surface area contributed by atoms with E-state index in [9.17, 15) is 4.79 Å². The highest BCUT2D eigenvalue weighted by atomic mass is 32.2. The summed E-state index contributed by atoms with van der Waals surface area (Å²) in [4.78, 5) is 16.4. The van der Waals surface area contributed by atoms with Gasteiger partial charge in [-0.05, 0) is 39.7 Å². The van der Waals surface area contributed by atoms with Crippen molar-refractivity contribution in [3.05, 3.63) is 41.3 Å². The highest BCUT2D eigenvalue weighted by Crippen LogP contribution is 2.39. The van der Waals surface area contributed by atoms with Crippen LogP contribution in [-0.4, -0.2) is 30.8 Å². The number of aryl methyl sites for hydroxylation is 2. The van der Waals surface area contributed by atoms with Gasteiger partial charge in [-0.1, -0.05) is 30.0 Å². The zero-order valence-corrected chi connectivity index (χ0v) is 14.9. The maximum Gasteiger partial charge on any atom is 0.192 e. The van der Waals surface area contributed by atoms with Crippen molar-refractivity contribution < 1.29 is 4.79 Å². The molecule has 4 rings (SSSR count). The molecule has 6 heteroatoms. The Morgan fingerprint density at radius 2 is 2.04 bits per heavy atom. The average molecular weight is 340 g/mol. The van der Waals surface area contributed by atoms with Gasteiger partial charge in [-0.25, -0.2) is 0 Å².